The van der Waals surface area contributed by atoms with E-state index in [4.69, 9.17) is 4.74 Å². The van der Waals surface area contributed by atoms with Gasteiger partial charge in [-0.1, -0.05) is 6.42 Å². The van der Waals surface area contributed by atoms with Gasteiger partial charge in [0.1, 0.15) is 11.6 Å². The van der Waals surface area contributed by atoms with Crippen molar-refractivity contribution >= 4 is 0 Å². The Morgan fingerprint density at radius 2 is 2.25 bits per heavy atom. The van der Waals surface area contributed by atoms with Crippen LogP contribution in [0.1, 0.15) is 36.4 Å². The zero-order valence-corrected chi connectivity index (χ0v) is 9.26. The predicted molar refractivity (Wildman–Crippen MR) is 60.2 cm³/mol. The lowest BCUT2D eigenvalue weighted by molar-refractivity contribution is 0.354. The van der Waals surface area contributed by atoms with Gasteiger partial charge in [-0.15, -0.1) is 0 Å². The molecule has 1 aromatic carbocycles. The van der Waals surface area contributed by atoms with E-state index in [1.165, 1.54) is 12.8 Å². The SMILES string of the molecule is Fc1cc2c(cc1C1CCCCN1)CCO2. The number of piperidine rings is 1. The zero-order chi connectivity index (χ0) is 11.0. The summed E-state index contributed by atoms with van der Waals surface area (Å²) in [6.45, 7) is 1.69. The number of rotatable bonds is 1. The molecule has 0 radical (unpaired) electrons. The molecule has 1 unspecified atom stereocenters. The summed E-state index contributed by atoms with van der Waals surface area (Å²) in [4.78, 5) is 0. The van der Waals surface area contributed by atoms with Crippen LogP contribution in [0.3, 0.4) is 0 Å². The van der Waals surface area contributed by atoms with E-state index in [2.05, 4.69) is 5.32 Å². The van der Waals surface area contributed by atoms with Gasteiger partial charge in [-0.3, -0.25) is 0 Å². The largest absolute Gasteiger partial charge is 0.493 e. The molecule has 1 aromatic rings. The third kappa shape index (κ3) is 1.69. The van der Waals surface area contributed by atoms with Crippen molar-refractivity contribution < 1.29 is 9.13 Å². The molecular formula is C13H16FNO. The van der Waals surface area contributed by atoms with Crippen molar-refractivity contribution in [1.82, 2.24) is 5.32 Å². The van der Waals surface area contributed by atoms with Crippen LogP contribution in [0.15, 0.2) is 12.1 Å². The molecule has 2 nitrogen and oxygen atoms in total. The Balaban J connectivity index is 1.94. The molecule has 0 spiro atoms. The van der Waals surface area contributed by atoms with Crippen molar-refractivity contribution in [2.24, 2.45) is 0 Å². The van der Waals surface area contributed by atoms with Crippen LogP contribution in [-0.2, 0) is 6.42 Å². The van der Waals surface area contributed by atoms with Gasteiger partial charge >= 0.3 is 0 Å². The third-order valence-corrected chi connectivity index (χ3v) is 3.49. The third-order valence-electron chi connectivity index (χ3n) is 3.49. The molecule has 3 rings (SSSR count). The molecule has 0 aromatic heterocycles. The number of benzene rings is 1. The number of fused-ring (bicyclic) bond motifs is 1. The molecule has 2 aliphatic rings. The molecule has 86 valence electrons. The average Bonchev–Trinajstić information content (AvgIpc) is 2.76. The van der Waals surface area contributed by atoms with Crippen molar-refractivity contribution in [1.29, 1.82) is 0 Å². The topological polar surface area (TPSA) is 21.3 Å². The summed E-state index contributed by atoms with van der Waals surface area (Å²) in [5.74, 6) is 0.608. The van der Waals surface area contributed by atoms with E-state index in [9.17, 15) is 4.39 Å². The first-order valence-corrected chi connectivity index (χ1v) is 6.03. The zero-order valence-electron chi connectivity index (χ0n) is 9.26. The van der Waals surface area contributed by atoms with Gasteiger partial charge in [-0.25, -0.2) is 4.39 Å². The highest BCUT2D eigenvalue weighted by Gasteiger charge is 2.22. The Morgan fingerprint density at radius 1 is 1.31 bits per heavy atom. The van der Waals surface area contributed by atoms with Crippen molar-refractivity contribution in [2.75, 3.05) is 13.2 Å². The summed E-state index contributed by atoms with van der Waals surface area (Å²) in [5.41, 5.74) is 1.98. The van der Waals surface area contributed by atoms with Crippen LogP contribution < -0.4 is 10.1 Å². The first kappa shape index (κ1) is 10.1. The minimum Gasteiger partial charge on any atom is -0.493 e. The minimum atomic E-state index is -0.125. The molecule has 1 saturated heterocycles. The van der Waals surface area contributed by atoms with Gasteiger partial charge in [0.25, 0.3) is 0 Å². The Morgan fingerprint density at radius 3 is 3.06 bits per heavy atom. The van der Waals surface area contributed by atoms with Gasteiger partial charge in [0.05, 0.1) is 6.61 Å². The van der Waals surface area contributed by atoms with Crippen LogP contribution in [0.5, 0.6) is 5.75 Å². The number of ether oxygens (including phenoxy) is 1. The van der Waals surface area contributed by atoms with Crippen LogP contribution in [0, 0.1) is 5.82 Å². The maximum absolute atomic E-state index is 13.9. The Hall–Kier alpha value is -1.09. The fourth-order valence-corrected chi connectivity index (χ4v) is 2.60. The summed E-state index contributed by atoms with van der Waals surface area (Å²) < 4.78 is 19.3. The maximum Gasteiger partial charge on any atom is 0.131 e. The Kier molecular flexibility index (Phi) is 2.56. The van der Waals surface area contributed by atoms with Gasteiger partial charge in [0.15, 0.2) is 0 Å². The molecule has 0 amide bonds. The van der Waals surface area contributed by atoms with Gasteiger partial charge in [-0.05, 0) is 31.0 Å². The lowest BCUT2D eigenvalue weighted by Crippen LogP contribution is -2.27. The lowest BCUT2D eigenvalue weighted by Gasteiger charge is -2.24. The standard InChI is InChI=1S/C13H16FNO/c14-11-8-13-9(4-6-16-13)7-10(11)12-3-1-2-5-15-12/h7-8,12,15H,1-6H2. The average molecular weight is 221 g/mol. The maximum atomic E-state index is 13.9. The van der Waals surface area contributed by atoms with E-state index in [0.29, 0.717) is 6.61 Å². The van der Waals surface area contributed by atoms with Crippen molar-refractivity contribution in [3.8, 4) is 5.75 Å². The quantitative estimate of drug-likeness (QED) is 0.787. The van der Waals surface area contributed by atoms with Gasteiger partial charge in [0, 0.05) is 24.1 Å². The highest BCUT2D eigenvalue weighted by Crippen LogP contribution is 2.33. The number of hydrogen-bond acceptors (Lipinski definition) is 2. The van der Waals surface area contributed by atoms with Gasteiger partial charge < -0.3 is 10.1 Å². The second-order valence-electron chi connectivity index (χ2n) is 4.58. The second-order valence-corrected chi connectivity index (χ2v) is 4.58. The summed E-state index contributed by atoms with van der Waals surface area (Å²) in [5, 5.41) is 3.39. The molecule has 2 aliphatic heterocycles. The molecule has 0 saturated carbocycles. The Labute approximate surface area is 94.8 Å². The molecule has 1 fully saturated rings. The van der Waals surface area contributed by atoms with Crippen LogP contribution in [-0.4, -0.2) is 13.2 Å². The van der Waals surface area contributed by atoms with E-state index in [1.54, 1.807) is 6.07 Å². The molecule has 2 heterocycles. The monoisotopic (exact) mass is 221 g/mol. The van der Waals surface area contributed by atoms with Crippen LogP contribution in [0.2, 0.25) is 0 Å². The first-order valence-electron chi connectivity index (χ1n) is 6.03. The molecule has 0 bridgehead atoms. The first-order chi connectivity index (χ1) is 7.84. The van der Waals surface area contributed by atoms with Gasteiger partial charge in [-0.2, -0.15) is 0 Å². The number of hydrogen-bond donors (Lipinski definition) is 1. The molecule has 1 N–H and O–H groups in total. The molecule has 1 atom stereocenters. The Bertz CT molecular complexity index is 399. The minimum absolute atomic E-state index is 0.125. The summed E-state index contributed by atoms with van der Waals surface area (Å²) in [6, 6.07) is 3.73. The van der Waals surface area contributed by atoms with Crippen LogP contribution in [0.4, 0.5) is 4.39 Å². The smallest absolute Gasteiger partial charge is 0.131 e. The lowest BCUT2D eigenvalue weighted by atomic mass is 9.95. The highest BCUT2D eigenvalue weighted by atomic mass is 19.1. The summed E-state index contributed by atoms with van der Waals surface area (Å²) in [7, 11) is 0. The van der Waals surface area contributed by atoms with Crippen molar-refractivity contribution in [2.45, 2.75) is 31.7 Å². The fraction of sp³-hybridized carbons (Fsp3) is 0.538. The van der Waals surface area contributed by atoms with E-state index >= 15 is 0 Å². The summed E-state index contributed by atoms with van der Waals surface area (Å²) in [6.07, 6.45) is 4.34. The van der Waals surface area contributed by atoms with Crippen molar-refractivity contribution in [3.05, 3.63) is 29.1 Å². The van der Waals surface area contributed by atoms with Crippen LogP contribution >= 0.6 is 0 Å². The van der Waals surface area contributed by atoms with Crippen LogP contribution in [0.25, 0.3) is 0 Å². The number of halogens is 1. The van der Waals surface area contributed by atoms with Gasteiger partial charge in [0.2, 0.25) is 0 Å². The summed E-state index contributed by atoms with van der Waals surface area (Å²) >= 11 is 0. The molecule has 3 heteroatoms. The molecular weight excluding hydrogens is 205 g/mol. The predicted octanol–water partition coefficient (Wildman–Crippen LogP) is 2.58. The highest BCUT2D eigenvalue weighted by molar-refractivity contribution is 5.41. The van der Waals surface area contributed by atoms with E-state index in [1.807, 2.05) is 6.07 Å². The molecule has 16 heavy (non-hydrogen) atoms. The second kappa shape index (κ2) is 4.06. The number of nitrogens with one attached hydrogen (secondary N) is 1. The fourth-order valence-electron chi connectivity index (χ4n) is 2.60. The van der Waals surface area contributed by atoms with Crippen molar-refractivity contribution in [3.63, 3.8) is 0 Å². The normalized spacial score (nSPS) is 23.9. The van der Waals surface area contributed by atoms with E-state index in [0.717, 1.165) is 36.3 Å². The van der Waals surface area contributed by atoms with E-state index in [-0.39, 0.29) is 11.9 Å². The molecule has 0 aliphatic carbocycles. The van der Waals surface area contributed by atoms with E-state index < -0.39 is 0 Å².